The van der Waals surface area contributed by atoms with Gasteiger partial charge in [-0.1, -0.05) is 13.3 Å². The number of carbonyl (C=O) groups is 1. The van der Waals surface area contributed by atoms with E-state index >= 15 is 0 Å². The lowest BCUT2D eigenvalue weighted by molar-refractivity contribution is -0.132. The van der Waals surface area contributed by atoms with E-state index in [0.29, 0.717) is 18.4 Å². The second-order valence-corrected chi connectivity index (χ2v) is 5.91. The smallest absolute Gasteiger partial charge is 0.223 e. The van der Waals surface area contributed by atoms with E-state index in [1.165, 1.54) is 25.0 Å². The minimum absolute atomic E-state index is 0.342. The Balaban J connectivity index is 2.14. The van der Waals surface area contributed by atoms with Crippen LogP contribution in [-0.4, -0.2) is 48.5 Å². The lowest BCUT2D eigenvalue weighted by atomic mass is 10.1. The Morgan fingerprint density at radius 3 is 3.00 bits per heavy atom. The van der Waals surface area contributed by atoms with Crippen LogP contribution in [0.15, 0.2) is 0 Å². The first-order chi connectivity index (χ1) is 8.27. The molecule has 1 rings (SSSR count). The molecular weight excluding hydrogens is 232 g/mol. The van der Waals surface area contributed by atoms with Gasteiger partial charge >= 0.3 is 0 Å². The van der Waals surface area contributed by atoms with Crippen molar-refractivity contribution in [3.05, 3.63) is 0 Å². The topological polar surface area (TPSA) is 32.3 Å². The Kier molecular flexibility index (Phi) is 7.69. The molecular formula is C13H26N2OS. The molecule has 0 bridgehead atoms. The van der Waals surface area contributed by atoms with Crippen LogP contribution in [0.3, 0.4) is 0 Å². The maximum absolute atomic E-state index is 12.0. The number of hydrogen-bond acceptors (Lipinski definition) is 3. The minimum Gasteiger partial charge on any atom is -0.341 e. The molecule has 1 aliphatic rings. The Morgan fingerprint density at radius 2 is 2.29 bits per heavy atom. The van der Waals surface area contributed by atoms with Crippen LogP contribution in [0.2, 0.25) is 0 Å². The van der Waals surface area contributed by atoms with Crippen molar-refractivity contribution in [3.63, 3.8) is 0 Å². The van der Waals surface area contributed by atoms with Crippen LogP contribution in [0, 0.1) is 0 Å². The second kappa shape index (κ2) is 8.81. The molecule has 4 heteroatoms. The largest absolute Gasteiger partial charge is 0.341 e. The number of piperidine rings is 1. The van der Waals surface area contributed by atoms with Crippen LogP contribution in [0.5, 0.6) is 0 Å². The number of amides is 1. The average molecular weight is 258 g/mol. The number of thioether (sulfide) groups is 1. The van der Waals surface area contributed by atoms with Crippen molar-refractivity contribution in [1.29, 1.82) is 0 Å². The average Bonchev–Trinajstić information content (AvgIpc) is 2.38. The highest BCUT2D eigenvalue weighted by molar-refractivity contribution is 7.99. The zero-order chi connectivity index (χ0) is 12.5. The number of likely N-dealkylation sites (N-methyl/N-ethyl adjacent to an activating group) is 1. The summed E-state index contributed by atoms with van der Waals surface area (Å²) in [5.74, 6) is 2.52. The molecule has 0 radical (unpaired) electrons. The molecule has 1 unspecified atom stereocenters. The van der Waals surface area contributed by atoms with Crippen molar-refractivity contribution in [3.8, 4) is 0 Å². The molecule has 17 heavy (non-hydrogen) atoms. The molecule has 0 aromatic carbocycles. The van der Waals surface area contributed by atoms with Gasteiger partial charge in [0.15, 0.2) is 0 Å². The number of likely N-dealkylation sites (tertiary alicyclic amines) is 1. The predicted octanol–water partition coefficient (Wildman–Crippen LogP) is 2.12. The third-order valence-electron chi connectivity index (χ3n) is 3.28. The first kappa shape index (κ1) is 14.8. The third kappa shape index (κ3) is 5.77. The van der Waals surface area contributed by atoms with E-state index in [9.17, 15) is 4.79 Å². The highest BCUT2D eigenvalue weighted by atomic mass is 32.2. The molecule has 1 saturated heterocycles. The molecule has 1 atom stereocenters. The summed E-state index contributed by atoms with van der Waals surface area (Å²) in [6.07, 6.45) is 5.57. The van der Waals surface area contributed by atoms with E-state index in [4.69, 9.17) is 0 Å². The van der Waals surface area contributed by atoms with Crippen molar-refractivity contribution in [2.24, 2.45) is 0 Å². The van der Waals surface area contributed by atoms with Gasteiger partial charge in [-0.05, 0) is 32.1 Å². The van der Waals surface area contributed by atoms with Gasteiger partial charge in [0, 0.05) is 31.3 Å². The number of carbonyl (C=O) groups excluding carboxylic acids is 1. The normalized spacial score (nSPS) is 20.6. The van der Waals surface area contributed by atoms with Gasteiger partial charge in [-0.15, -0.1) is 0 Å². The summed E-state index contributed by atoms with van der Waals surface area (Å²) in [6.45, 7) is 4.06. The standard InChI is InChI=1S/C13H26N2OS/c1-3-4-9-17-10-7-13(16)15-8-5-6-12(11-15)14-2/h12,14H,3-11H2,1-2H3. The van der Waals surface area contributed by atoms with E-state index in [0.717, 1.165) is 25.3 Å². The van der Waals surface area contributed by atoms with Gasteiger partial charge in [0.05, 0.1) is 0 Å². The molecule has 1 N–H and O–H groups in total. The van der Waals surface area contributed by atoms with E-state index in [2.05, 4.69) is 12.2 Å². The monoisotopic (exact) mass is 258 g/mol. The fourth-order valence-corrected chi connectivity index (χ4v) is 3.12. The predicted molar refractivity (Wildman–Crippen MR) is 75.5 cm³/mol. The van der Waals surface area contributed by atoms with Crippen LogP contribution in [0.4, 0.5) is 0 Å². The lowest BCUT2D eigenvalue weighted by Crippen LogP contribution is -2.47. The summed E-state index contributed by atoms with van der Waals surface area (Å²) in [5.41, 5.74) is 0. The summed E-state index contributed by atoms with van der Waals surface area (Å²) in [6, 6.07) is 0.500. The van der Waals surface area contributed by atoms with E-state index in [1.807, 2.05) is 23.7 Å². The Hall–Kier alpha value is -0.220. The number of hydrogen-bond donors (Lipinski definition) is 1. The van der Waals surface area contributed by atoms with Crippen molar-refractivity contribution in [2.45, 2.75) is 45.1 Å². The first-order valence-corrected chi connectivity index (χ1v) is 7.96. The first-order valence-electron chi connectivity index (χ1n) is 6.80. The molecule has 0 spiro atoms. The molecule has 1 aliphatic heterocycles. The maximum Gasteiger partial charge on any atom is 0.223 e. The maximum atomic E-state index is 12.0. The second-order valence-electron chi connectivity index (χ2n) is 4.68. The molecule has 0 saturated carbocycles. The van der Waals surface area contributed by atoms with Crippen LogP contribution in [0.25, 0.3) is 0 Å². The zero-order valence-corrected chi connectivity index (χ0v) is 12.0. The summed E-state index contributed by atoms with van der Waals surface area (Å²) in [7, 11) is 1.99. The van der Waals surface area contributed by atoms with Crippen molar-refractivity contribution in [2.75, 3.05) is 31.6 Å². The molecule has 0 aliphatic carbocycles. The van der Waals surface area contributed by atoms with Gasteiger partial charge in [-0.2, -0.15) is 11.8 Å². The highest BCUT2D eigenvalue weighted by Gasteiger charge is 2.21. The molecule has 1 heterocycles. The van der Waals surface area contributed by atoms with Gasteiger partial charge < -0.3 is 10.2 Å². The number of rotatable bonds is 7. The van der Waals surface area contributed by atoms with Gasteiger partial charge in [0.1, 0.15) is 0 Å². The summed E-state index contributed by atoms with van der Waals surface area (Å²) >= 11 is 1.91. The van der Waals surface area contributed by atoms with Crippen LogP contribution in [0.1, 0.15) is 39.0 Å². The molecule has 0 aromatic heterocycles. The molecule has 1 fully saturated rings. The van der Waals surface area contributed by atoms with E-state index in [1.54, 1.807) is 0 Å². The Labute approximate surface area is 110 Å². The summed E-state index contributed by atoms with van der Waals surface area (Å²) in [4.78, 5) is 14.0. The van der Waals surface area contributed by atoms with E-state index < -0.39 is 0 Å². The summed E-state index contributed by atoms with van der Waals surface area (Å²) < 4.78 is 0. The third-order valence-corrected chi connectivity index (χ3v) is 4.35. The number of nitrogens with one attached hydrogen (secondary N) is 1. The van der Waals surface area contributed by atoms with Gasteiger partial charge in [0.25, 0.3) is 0 Å². The highest BCUT2D eigenvalue weighted by Crippen LogP contribution is 2.13. The van der Waals surface area contributed by atoms with Gasteiger partial charge in [-0.25, -0.2) is 0 Å². The summed E-state index contributed by atoms with van der Waals surface area (Å²) in [5, 5.41) is 3.27. The minimum atomic E-state index is 0.342. The Bertz CT molecular complexity index is 223. The van der Waals surface area contributed by atoms with E-state index in [-0.39, 0.29) is 0 Å². The fourth-order valence-electron chi connectivity index (χ4n) is 2.11. The van der Waals surface area contributed by atoms with Crippen LogP contribution < -0.4 is 5.32 Å². The Morgan fingerprint density at radius 1 is 1.47 bits per heavy atom. The van der Waals surface area contributed by atoms with Gasteiger partial charge in [0.2, 0.25) is 5.91 Å². The van der Waals surface area contributed by atoms with Crippen LogP contribution in [-0.2, 0) is 4.79 Å². The molecule has 100 valence electrons. The molecule has 0 aromatic rings. The zero-order valence-electron chi connectivity index (χ0n) is 11.2. The van der Waals surface area contributed by atoms with Crippen molar-refractivity contribution < 1.29 is 4.79 Å². The molecule has 1 amide bonds. The van der Waals surface area contributed by atoms with Crippen LogP contribution >= 0.6 is 11.8 Å². The van der Waals surface area contributed by atoms with Crippen molar-refractivity contribution in [1.82, 2.24) is 10.2 Å². The fraction of sp³-hybridized carbons (Fsp3) is 0.923. The van der Waals surface area contributed by atoms with Crippen molar-refractivity contribution >= 4 is 17.7 Å². The molecule has 3 nitrogen and oxygen atoms in total. The SMILES string of the molecule is CCCCSCCC(=O)N1CCCC(NC)C1. The number of nitrogens with zero attached hydrogens (tertiary/aromatic N) is 1. The van der Waals surface area contributed by atoms with Gasteiger partial charge in [-0.3, -0.25) is 4.79 Å². The number of unbranched alkanes of at least 4 members (excludes halogenated alkanes) is 1. The lowest BCUT2D eigenvalue weighted by Gasteiger charge is -2.32. The quantitative estimate of drug-likeness (QED) is 0.710.